The first-order chi connectivity index (χ1) is 12.0. The quantitative estimate of drug-likeness (QED) is 0.865. The molecule has 1 aliphatic carbocycles. The first-order valence-corrected chi connectivity index (χ1v) is 9.42. The van der Waals surface area contributed by atoms with Crippen LogP contribution in [0.25, 0.3) is 0 Å². The lowest BCUT2D eigenvalue weighted by Crippen LogP contribution is -2.44. The van der Waals surface area contributed by atoms with E-state index in [4.69, 9.17) is 27.9 Å². The Morgan fingerprint density at radius 1 is 1.00 bits per heavy atom. The number of hydrogen-bond donors (Lipinski definition) is 1. The molecular weight excluding hydrogens is 363 g/mol. The van der Waals surface area contributed by atoms with Gasteiger partial charge in [-0.05, 0) is 43.9 Å². The van der Waals surface area contributed by atoms with Crippen LogP contribution in [0.1, 0.15) is 25.7 Å². The Balaban J connectivity index is 1.50. The molecule has 0 aromatic heterocycles. The standard InChI is InChI=1S/C18H22Cl2N2O3/c19-15-6-5-14(11-16(15)20)21-17(23)12-1-3-13(4-2-12)18(24)22-7-9-25-10-8-22/h5-6,11-13H,1-4,7-10H2,(H,21,23). The Morgan fingerprint density at radius 2 is 1.64 bits per heavy atom. The summed E-state index contributed by atoms with van der Waals surface area (Å²) in [5.74, 6) is 0.164. The van der Waals surface area contributed by atoms with Gasteiger partial charge in [0.05, 0.1) is 23.3 Å². The number of benzene rings is 1. The number of halogens is 2. The summed E-state index contributed by atoms with van der Waals surface area (Å²) < 4.78 is 5.29. The smallest absolute Gasteiger partial charge is 0.227 e. The van der Waals surface area contributed by atoms with Crippen LogP contribution in [0.2, 0.25) is 10.0 Å². The SMILES string of the molecule is O=C(Nc1ccc(Cl)c(Cl)c1)C1CCC(C(=O)N2CCOCC2)CC1. The molecule has 0 spiro atoms. The molecule has 1 N–H and O–H groups in total. The van der Waals surface area contributed by atoms with Crippen molar-refractivity contribution in [2.45, 2.75) is 25.7 Å². The molecule has 136 valence electrons. The Bertz CT molecular complexity index is 639. The van der Waals surface area contributed by atoms with E-state index in [2.05, 4.69) is 5.32 Å². The third kappa shape index (κ3) is 4.66. The number of morpholine rings is 1. The minimum atomic E-state index is -0.0665. The molecule has 1 saturated carbocycles. The third-order valence-corrected chi connectivity index (χ3v) is 5.70. The number of hydrogen-bond acceptors (Lipinski definition) is 3. The monoisotopic (exact) mass is 384 g/mol. The van der Waals surface area contributed by atoms with Gasteiger partial charge in [0.2, 0.25) is 11.8 Å². The van der Waals surface area contributed by atoms with E-state index in [0.29, 0.717) is 42.0 Å². The second-order valence-electron chi connectivity index (χ2n) is 6.60. The fraction of sp³-hybridized carbons (Fsp3) is 0.556. The zero-order valence-corrected chi connectivity index (χ0v) is 15.5. The highest BCUT2D eigenvalue weighted by molar-refractivity contribution is 6.42. The van der Waals surface area contributed by atoms with E-state index < -0.39 is 0 Å². The van der Waals surface area contributed by atoms with Crippen LogP contribution in [-0.2, 0) is 14.3 Å². The van der Waals surface area contributed by atoms with E-state index in [-0.39, 0.29) is 23.7 Å². The van der Waals surface area contributed by atoms with Crippen molar-refractivity contribution in [1.29, 1.82) is 0 Å². The fourth-order valence-corrected chi connectivity index (χ4v) is 3.76. The highest BCUT2D eigenvalue weighted by Crippen LogP contribution is 2.32. The summed E-state index contributed by atoms with van der Waals surface area (Å²) in [6.45, 7) is 2.59. The molecule has 25 heavy (non-hydrogen) atoms. The van der Waals surface area contributed by atoms with Gasteiger partial charge in [-0.2, -0.15) is 0 Å². The topological polar surface area (TPSA) is 58.6 Å². The van der Waals surface area contributed by atoms with Gasteiger partial charge < -0.3 is 15.0 Å². The molecule has 1 heterocycles. The maximum absolute atomic E-state index is 12.5. The average molecular weight is 385 g/mol. The summed E-state index contributed by atoms with van der Waals surface area (Å²) in [6, 6.07) is 5.05. The van der Waals surface area contributed by atoms with Gasteiger partial charge in [0.15, 0.2) is 0 Å². The molecule has 0 unspecified atom stereocenters. The summed E-state index contributed by atoms with van der Waals surface area (Å²) in [6.07, 6.45) is 2.98. The van der Waals surface area contributed by atoms with Crippen LogP contribution in [-0.4, -0.2) is 43.0 Å². The maximum Gasteiger partial charge on any atom is 0.227 e. The molecule has 1 aliphatic heterocycles. The molecule has 5 nitrogen and oxygen atoms in total. The third-order valence-electron chi connectivity index (χ3n) is 4.96. The lowest BCUT2D eigenvalue weighted by Gasteiger charge is -2.33. The first kappa shape index (κ1) is 18.5. The summed E-state index contributed by atoms with van der Waals surface area (Å²) in [7, 11) is 0. The molecule has 0 bridgehead atoms. The molecule has 0 atom stereocenters. The Labute approximate surface area is 157 Å². The number of amides is 2. The van der Waals surface area contributed by atoms with Crippen LogP contribution < -0.4 is 5.32 Å². The minimum Gasteiger partial charge on any atom is -0.378 e. The summed E-state index contributed by atoms with van der Waals surface area (Å²) in [5, 5.41) is 3.77. The highest BCUT2D eigenvalue weighted by Gasteiger charge is 2.32. The number of carbonyl (C=O) groups excluding carboxylic acids is 2. The van der Waals surface area contributed by atoms with Crippen molar-refractivity contribution in [3.05, 3.63) is 28.2 Å². The molecule has 2 fully saturated rings. The summed E-state index contributed by atoms with van der Waals surface area (Å²) in [4.78, 5) is 26.9. The van der Waals surface area contributed by atoms with Gasteiger partial charge in [-0.3, -0.25) is 9.59 Å². The lowest BCUT2D eigenvalue weighted by molar-refractivity contribution is -0.141. The molecule has 1 aromatic carbocycles. The number of carbonyl (C=O) groups is 2. The van der Waals surface area contributed by atoms with Gasteiger partial charge in [-0.1, -0.05) is 23.2 Å². The zero-order valence-electron chi connectivity index (χ0n) is 14.0. The molecule has 0 radical (unpaired) electrons. The zero-order chi connectivity index (χ0) is 17.8. The molecule has 1 saturated heterocycles. The van der Waals surface area contributed by atoms with E-state index in [1.807, 2.05) is 4.90 Å². The van der Waals surface area contributed by atoms with E-state index in [0.717, 1.165) is 25.7 Å². The van der Waals surface area contributed by atoms with Crippen LogP contribution in [0.15, 0.2) is 18.2 Å². The highest BCUT2D eigenvalue weighted by atomic mass is 35.5. The van der Waals surface area contributed by atoms with Crippen LogP contribution in [0.4, 0.5) is 5.69 Å². The predicted molar refractivity (Wildman–Crippen MR) is 97.9 cm³/mol. The van der Waals surface area contributed by atoms with Crippen molar-refractivity contribution in [1.82, 2.24) is 4.90 Å². The lowest BCUT2D eigenvalue weighted by atomic mass is 9.81. The molecular formula is C18H22Cl2N2O3. The predicted octanol–water partition coefficient (Wildman–Crippen LogP) is 3.60. The van der Waals surface area contributed by atoms with Crippen molar-refractivity contribution >= 4 is 40.7 Å². The number of ether oxygens (including phenoxy) is 1. The van der Waals surface area contributed by atoms with E-state index in [1.54, 1.807) is 18.2 Å². The second-order valence-corrected chi connectivity index (χ2v) is 7.42. The van der Waals surface area contributed by atoms with Crippen molar-refractivity contribution in [3.8, 4) is 0 Å². The largest absolute Gasteiger partial charge is 0.378 e. The Hall–Kier alpha value is -1.30. The van der Waals surface area contributed by atoms with Gasteiger partial charge in [0, 0.05) is 30.6 Å². The van der Waals surface area contributed by atoms with E-state index in [9.17, 15) is 9.59 Å². The molecule has 7 heteroatoms. The van der Waals surface area contributed by atoms with E-state index >= 15 is 0 Å². The number of anilines is 1. The van der Waals surface area contributed by atoms with Gasteiger partial charge in [-0.25, -0.2) is 0 Å². The van der Waals surface area contributed by atoms with Crippen LogP contribution in [0, 0.1) is 11.8 Å². The Morgan fingerprint density at radius 3 is 2.28 bits per heavy atom. The van der Waals surface area contributed by atoms with Crippen molar-refractivity contribution in [2.24, 2.45) is 11.8 Å². The van der Waals surface area contributed by atoms with Crippen molar-refractivity contribution in [2.75, 3.05) is 31.6 Å². The number of nitrogens with one attached hydrogen (secondary N) is 1. The van der Waals surface area contributed by atoms with Crippen LogP contribution in [0.3, 0.4) is 0 Å². The summed E-state index contributed by atoms with van der Waals surface area (Å²) >= 11 is 11.9. The molecule has 2 amide bonds. The Kier molecular flexibility index (Phi) is 6.20. The molecule has 3 rings (SSSR count). The first-order valence-electron chi connectivity index (χ1n) is 8.67. The average Bonchev–Trinajstić information content (AvgIpc) is 2.65. The van der Waals surface area contributed by atoms with Crippen LogP contribution in [0.5, 0.6) is 0 Å². The normalized spacial score (nSPS) is 24.0. The van der Waals surface area contributed by atoms with Gasteiger partial charge >= 0.3 is 0 Å². The molecule has 1 aromatic rings. The van der Waals surface area contributed by atoms with Crippen molar-refractivity contribution in [3.63, 3.8) is 0 Å². The minimum absolute atomic E-state index is 0.0179. The van der Waals surface area contributed by atoms with Crippen molar-refractivity contribution < 1.29 is 14.3 Å². The fourth-order valence-electron chi connectivity index (χ4n) is 3.46. The number of nitrogens with zero attached hydrogens (tertiary/aromatic N) is 1. The number of rotatable bonds is 3. The maximum atomic E-state index is 12.5. The molecule has 2 aliphatic rings. The van der Waals surface area contributed by atoms with E-state index in [1.165, 1.54) is 0 Å². The van der Waals surface area contributed by atoms with Gasteiger partial charge in [0.25, 0.3) is 0 Å². The second kappa shape index (κ2) is 8.39. The van der Waals surface area contributed by atoms with Gasteiger partial charge in [-0.15, -0.1) is 0 Å². The van der Waals surface area contributed by atoms with Crippen LogP contribution >= 0.6 is 23.2 Å². The summed E-state index contributed by atoms with van der Waals surface area (Å²) in [5.41, 5.74) is 0.644. The van der Waals surface area contributed by atoms with Gasteiger partial charge in [0.1, 0.15) is 0 Å².